The third kappa shape index (κ3) is 5.35. The zero-order valence-corrected chi connectivity index (χ0v) is 16.5. The summed E-state index contributed by atoms with van der Waals surface area (Å²) in [7, 11) is 0. The van der Waals surface area contributed by atoms with Crippen LogP contribution in [0.3, 0.4) is 0 Å². The molecule has 0 bridgehead atoms. The molecule has 2 aliphatic heterocycles. The quantitative estimate of drug-likeness (QED) is 0.755. The summed E-state index contributed by atoms with van der Waals surface area (Å²) in [5.74, 6) is -0.124. The first-order valence-electron chi connectivity index (χ1n) is 9.75. The molecule has 0 aromatic rings. The molecular formula is C19H33N3O4. The Hall–Kier alpha value is -1.79. The van der Waals surface area contributed by atoms with Gasteiger partial charge in [-0.05, 0) is 40.0 Å². The van der Waals surface area contributed by atoms with Crippen molar-refractivity contribution >= 4 is 17.9 Å². The molecule has 2 saturated heterocycles. The highest BCUT2D eigenvalue weighted by atomic mass is 16.5. The van der Waals surface area contributed by atoms with Crippen LogP contribution in [0, 0.1) is 5.92 Å². The predicted molar refractivity (Wildman–Crippen MR) is 98.6 cm³/mol. The van der Waals surface area contributed by atoms with Gasteiger partial charge in [0.05, 0.1) is 12.5 Å². The van der Waals surface area contributed by atoms with Crippen molar-refractivity contribution in [3.05, 3.63) is 0 Å². The van der Waals surface area contributed by atoms with Crippen LogP contribution in [0.4, 0.5) is 4.79 Å². The van der Waals surface area contributed by atoms with E-state index in [2.05, 4.69) is 5.32 Å². The zero-order chi connectivity index (χ0) is 19.3. The third-order valence-corrected chi connectivity index (χ3v) is 5.14. The normalized spacial score (nSPS) is 21.8. The summed E-state index contributed by atoms with van der Waals surface area (Å²) in [6, 6.07) is 0.0458. The highest BCUT2D eigenvalue weighted by molar-refractivity contribution is 5.89. The molecule has 1 unspecified atom stereocenters. The first-order valence-corrected chi connectivity index (χ1v) is 9.75. The molecule has 3 amide bonds. The first kappa shape index (κ1) is 20.5. The second-order valence-corrected chi connectivity index (χ2v) is 8.31. The number of unbranched alkanes of at least 4 members (excludes halogenated alkanes) is 1. The minimum absolute atomic E-state index is 0.0458. The molecule has 2 fully saturated rings. The van der Waals surface area contributed by atoms with Gasteiger partial charge in [0.1, 0.15) is 0 Å². The number of ether oxygens (including phenoxy) is 1. The molecule has 0 spiro atoms. The van der Waals surface area contributed by atoms with Crippen molar-refractivity contribution in [1.29, 1.82) is 0 Å². The molecule has 0 aromatic carbocycles. The third-order valence-electron chi connectivity index (χ3n) is 5.14. The maximum Gasteiger partial charge on any atom is 0.407 e. The Morgan fingerprint density at radius 2 is 1.88 bits per heavy atom. The van der Waals surface area contributed by atoms with E-state index in [1.54, 1.807) is 4.90 Å². The SMILES string of the molecule is CCCCOC(=O)NC1CCN(C(=O)C2CC(=O)N(C(C)(C)C)C2)CC1. The molecule has 148 valence electrons. The van der Waals surface area contributed by atoms with Crippen molar-refractivity contribution in [2.45, 2.75) is 71.4 Å². The van der Waals surface area contributed by atoms with Gasteiger partial charge in [0.25, 0.3) is 0 Å². The van der Waals surface area contributed by atoms with E-state index >= 15 is 0 Å². The number of amides is 3. The van der Waals surface area contributed by atoms with E-state index in [9.17, 15) is 14.4 Å². The van der Waals surface area contributed by atoms with Crippen LogP contribution < -0.4 is 5.32 Å². The highest BCUT2D eigenvalue weighted by Gasteiger charge is 2.41. The van der Waals surface area contributed by atoms with Gasteiger partial charge in [-0.3, -0.25) is 9.59 Å². The number of carbonyl (C=O) groups is 3. The standard InChI is InChI=1S/C19H33N3O4/c1-5-6-11-26-18(25)20-15-7-9-21(10-8-15)17(24)14-12-16(23)22(13-14)19(2,3)4/h14-15H,5-13H2,1-4H3,(H,20,25). The Morgan fingerprint density at radius 1 is 1.23 bits per heavy atom. The zero-order valence-electron chi connectivity index (χ0n) is 16.5. The fourth-order valence-electron chi connectivity index (χ4n) is 3.54. The first-order chi connectivity index (χ1) is 12.2. The summed E-state index contributed by atoms with van der Waals surface area (Å²) in [6.07, 6.45) is 3.23. The average molecular weight is 367 g/mol. The lowest BCUT2D eigenvalue weighted by molar-refractivity contribution is -0.136. The van der Waals surface area contributed by atoms with Gasteiger partial charge in [-0.25, -0.2) is 4.79 Å². The van der Waals surface area contributed by atoms with Crippen LogP contribution in [0.25, 0.3) is 0 Å². The summed E-state index contributed by atoms with van der Waals surface area (Å²) in [4.78, 5) is 40.3. The van der Waals surface area contributed by atoms with Crippen LogP contribution >= 0.6 is 0 Å². The summed E-state index contributed by atoms with van der Waals surface area (Å²) >= 11 is 0. The Labute approximate surface area is 156 Å². The summed E-state index contributed by atoms with van der Waals surface area (Å²) in [6.45, 7) is 10.2. The Balaban J connectivity index is 1.76. The van der Waals surface area contributed by atoms with Gasteiger partial charge < -0.3 is 19.9 Å². The summed E-state index contributed by atoms with van der Waals surface area (Å²) in [5.41, 5.74) is -0.249. The van der Waals surface area contributed by atoms with E-state index in [1.807, 2.05) is 32.6 Å². The Morgan fingerprint density at radius 3 is 2.42 bits per heavy atom. The molecule has 1 atom stereocenters. The van der Waals surface area contributed by atoms with E-state index in [0.29, 0.717) is 32.7 Å². The second kappa shape index (κ2) is 8.73. The number of likely N-dealkylation sites (tertiary alicyclic amines) is 2. The van der Waals surface area contributed by atoms with E-state index < -0.39 is 0 Å². The fraction of sp³-hybridized carbons (Fsp3) is 0.842. The number of carbonyl (C=O) groups excluding carboxylic acids is 3. The number of nitrogens with zero attached hydrogens (tertiary/aromatic N) is 2. The lowest BCUT2D eigenvalue weighted by Gasteiger charge is -2.34. The van der Waals surface area contributed by atoms with E-state index in [-0.39, 0.29) is 35.4 Å². The average Bonchev–Trinajstić information content (AvgIpc) is 2.97. The predicted octanol–water partition coefficient (Wildman–Crippen LogP) is 2.15. The van der Waals surface area contributed by atoms with Crippen LogP contribution in [-0.4, -0.2) is 65.5 Å². The van der Waals surface area contributed by atoms with E-state index in [1.165, 1.54) is 0 Å². The van der Waals surface area contributed by atoms with Crippen LogP contribution in [0.15, 0.2) is 0 Å². The second-order valence-electron chi connectivity index (χ2n) is 8.31. The maximum atomic E-state index is 12.8. The lowest BCUT2D eigenvalue weighted by Crippen LogP contribution is -2.49. The molecule has 2 aliphatic rings. The Kier molecular flexibility index (Phi) is 6.89. The number of alkyl carbamates (subject to hydrolysis) is 1. The monoisotopic (exact) mass is 367 g/mol. The Bertz CT molecular complexity index is 521. The van der Waals surface area contributed by atoms with Crippen LogP contribution in [-0.2, 0) is 14.3 Å². The van der Waals surface area contributed by atoms with Gasteiger partial charge >= 0.3 is 6.09 Å². The van der Waals surface area contributed by atoms with Crippen LogP contribution in [0.2, 0.25) is 0 Å². The highest BCUT2D eigenvalue weighted by Crippen LogP contribution is 2.27. The topological polar surface area (TPSA) is 79.0 Å². The van der Waals surface area contributed by atoms with Crippen LogP contribution in [0.1, 0.15) is 59.8 Å². The number of piperidine rings is 1. The molecule has 0 aromatic heterocycles. The molecule has 1 N–H and O–H groups in total. The summed E-state index contributed by atoms with van der Waals surface area (Å²) < 4.78 is 5.12. The van der Waals surface area contributed by atoms with Crippen molar-refractivity contribution < 1.29 is 19.1 Å². The molecule has 7 nitrogen and oxygen atoms in total. The number of hydrogen-bond donors (Lipinski definition) is 1. The molecule has 0 saturated carbocycles. The minimum Gasteiger partial charge on any atom is -0.450 e. The van der Waals surface area contributed by atoms with Crippen molar-refractivity contribution in [1.82, 2.24) is 15.1 Å². The molecule has 0 radical (unpaired) electrons. The lowest BCUT2D eigenvalue weighted by atomic mass is 10.0. The van der Waals surface area contributed by atoms with E-state index in [4.69, 9.17) is 4.74 Å². The molecule has 2 heterocycles. The summed E-state index contributed by atoms with van der Waals surface area (Å²) in [5, 5.41) is 2.88. The number of rotatable bonds is 5. The maximum absolute atomic E-state index is 12.8. The van der Waals surface area contributed by atoms with Gasteiger partial charge in [-0.15, -0.1) is 0 Å². The molecule has 26 heavy (non-hydrogen) atoms. The van der Waals surface area contributed by atoms with E-state index in [0.717, 1.165) is 25.7 Å². The number of nitrogens with one attached hydrogen (secondary N) is 1. The van der Waals surface area contributed by atoms with Crippen molar-refractivity contribution in [3.63, 3.8) is 0 Å². The smallest absolute Gasteiger partial charge is 0.407 e. The van der Waals surface area contributed by atoms with Gasteiger partial charge in [0.15, 0.2) is 0 Å². The van der Waals surface area contributed by atoms with Gasteiger partial charge in [-0.2, -0.15) is 0 Å². The minimum atomic E-state index is -0.370. The van der Waals surface area contributed by atoms with Crippen molar-refractivity contribution in [2.75, 3.05) is 26.2 Å². The fourth-order valence-corrected chi connectivity index (χ4v) is 3.54. The molecule has 2 rings (SSSR count). The van der Waals surface area contributed by atoms with Gasteiger partial charge in [-0.1, -0.05) is 13.3 Å². The van der Waals surface area contributed by atoms with Gasteiger partial charge in [0, 0.05) is 37.6 Å². The molecule has 7 heteroatoms. The van der Waals surface area contributed by atoms with Crippen molar-refractivity contribution in [3.8, 4) is 0 Å². The number of hydrogen-bond acceptors (Lipinski definition) is 4. The molecule has 0 aliphatic carbocycles. The van der Waals surface area contributed by atoms with Crippen molar-refractivity contribution in [2.24, 2.45) is 5.92 Å². The van der Waals surface area contributed by atoms with Crippen LogP contribution in [0.5, 0.6) is 0 Å². The molecular weight excluding hydrogens is 334 g/mol. The van der Waals surface area contributed by atoms with Gasteiger partial charge in [0.2, 0.25) is 11.8 Å². The largest absolute Gasteiger partial charge is 0.450 e.